The number of carbonyl (C=O) groups excluding carboxylic acids is 1. The molecule has 2 saturated heterocycles. The van der Waals surface area contributed by atoms with Gasteiger partial charge in [0.2, 0.25) is 11.8 Å². The van der Waals surface area contributed by atoms with Gasteiger partial charge in [0, 0.05) is 48.3 Å². The molecule has 1 aromatic heterocycles. The summed E-state index contributed by atoms with van der Waals surface area (Å²) in [6.07, 6.45) is 0.324. The number of aromatic nitrogens is 2. The zero-order valence-corrected chi connectivity index (χ0v) is 15.8. The summed E-state index contributed by atoms with van der Waals surface area (Å²) in [6, 6.07) is 5.19. The zero-order valence-electron chi connectivity index (χ0n) is 14.3. The number of halogens is 2. The van der Waals surface area contributed by atoms with Crippen LogP contribution in [0.2, 0.25) is 10.0 Å². The van der Waals surface area contributed by atoms with E-state index in [0.29, 0.717) is 40.4 Å². The number of amides is 1. The summed E-state index contributed by atoms with van der Waals surface area (Å²) >= 11 is 12.1. The van der Waals surface area contributed by atoms with Gasteiger partial charge in [-0.2, -0.15) is 4.98 Å². The topological polar surface area (TPSA) is 74.5 Å². The number of piperazine rings is 1. The molecule has 0 bridgehead atoms. The van der Waals surface area contributed by atoms with Crippen molar-refractivity contribution in [1.82, 2.24) is 20.4 Å². The molecule has 2 atom stereocenters. The Balaban J connectivity index is 1.52. The van der Waals surface area contributed by atoms with Crippen LogP contribution in [0.3, 0.4) is 0 Å². The van der Waals surface area contributed by atoms with Crippen LogP contribution in [0.15, 0.2) is 22.7 Å². The minimum absolute atomic E-state index is 0.00969. The highest BCUT2D eigenvalue weighted by molar-refractivity contribution is 6.35. The third kappa shape index (κ3) is 3.44. The number of likely N-dealkylation sites (N-methyl/N-ethyl adjacent to an activating group) is 1. The Morgan fingerprint density at radius 3 is 2.77 bits per heavy atom. The molecule has 2 fully saturated rings. The first-order valence-electron chi connectivity index (χ1n) is 8.52. The molecular formula is C17H19Cl2N5O2. The van der Waals surface area contributed by atoms with Crippen LogP contribution in [0.1, 0.15) is 30.1 Å². The lowest BCUT2D eigenvalue weighted by Crippen LogP contribution is -2.44. The second kappa shape index (κ2) is 7.15. The third-order valence-corrected chi connectivity index (χ3v) is 5.34. The number of carbonyl (C=O) groups is 1. The van der Waals surface area contributed by atoms with Gasteiger partial charge in [0.1, 0.15) is 0 Å². The van der Waals surface area contributed by atoms with Crippen molar-refractivity contribution in [3.05, 3.63) is 40.0 Å². The molecule has 1 aromatic carbocycles. The number of nitrogens with one attached hydrogen (secondary N) is 1. The van der Waals surface area contributed by atoms with Crippen molar-refractivity contribution in [3.8, 4) is 0 Å². The number of nitrogens with zero attached hydrogens (tertiary/aromatic N) is 4. The Hall–Kier alpha value is -1.67. The highest BCUT2D eigenvalue weighted by Crippen LogP contribution is 2.34. The van der Waals surface area contributed by atoms with Crippen molar-refractivity contribution < 1.29 is 9.32 Å². The van der Waals surface area contributed by atoms with Crippen LogP contribution in [-0.2, 0) is 4.79 Å². The molecule has 2 aromatic rings. The summed E-state index contributed by atoms with van der Waals surface area (Å²) < 4.78 is 5.48. The normalized spacial score (nSPS) is 24.4. The molecule has 26 heavy (non-hydrogen) atoms. The molecule has 1 N–H and O–H groups in total. The second-order valence-electron chi connectivity index (χ2n) is 6.72. The lowest BCUT2D eigenvalue weighted by Gasteiger charge is -2.30. The Labute approximate surface area is 161 Å². The van der Waals surface area contributed by atoms with Gasteiger partial charge in [0.05, 0.1) is 12.0 Å². The van der Waals surface area contributed by atoms with Crippen molar-refractivity contribution in [3.63, 3.8) is 0 Å². The van der Waals surface area contributed by atoms with E-state index in [1.54, 1.807) is 23.1 Å². The van der Waals surface area contributed by atoms with Crippen LogP contribution < -0.4 is 10.2 Å². The summed E-state index contributed by atoms with van der Waals surface area (Å²) in [4.78, 5) is 20.9. The minimum Gasteiger partial charge on any atom is -0.339 e. The Morgan fingerprint density at radius 2 is 2.04 bits per heavy atom. The molecule has 2 aliphatic rings. The standard InChI is InChI=1S/C17H19Cl2N5O2/c1-23-3-2-20-8-14(23)16-21-17(26-22-16)10-4-15(25)24(9-10)13-6-11(18)5-12(19)7-13/h5-7,10,14,20H,2-4,8-9H2,1H3. The fourth-order valence-electron chi connectivity index (χ4n) is 3.46. The third-order valence-electron chi connectivity index (χ3n) is 4.90. The number of anilines is 1. The first-order valence-corrected chi connectivity index (χ1v) is 9.28. The maximum absolute atomic E-state index is 12.5. The number of rotatable bonds is 3. The highest BCUT2D eigenvalue weighted by Gasteiger charge is 2.36. The zero-order chi connectivity index (χ0) is 18.3. The SMILES string of the molecule is CN1CCNCC1c1noc(C2CC(=O)N(c3cc(Cl)cc(Cl)c3)C2)n1. The van der Waals surface area contributed by atoms with Gasteiger partial charge < -0.3 is 14.7 Å². The van der Waals surface area contributed by atoms with Crippen molar-refractivity contribution in [2.24, 2.45) is 0 Å². The van der Waals surface area contributed by atoms with E-state index in [0.717, 1.165) is 19.6 Å². The summed E-state index contributed by atoms with van der Waals surface area (Å²) in [6.45, 7) is 3.13. The van der Waals surface area contributed by atoms with Crippen LogP contribution in [0.5, 0.6) is 0 Å². The van der Waals surface area contributed by atoms with Gasteiger partial charge in [-0.05, 0) is 25.2 Å². The minimum atomic E-state index is -0.136. The van der Waals surface area contributed by atoms with Crippen molar-refractivity contribution in [2.75, 3.05) is 38.1 Å². The van der Waals surface area contributed by atoms with E-state index in [1.165, 1.54) is 0 Å². The molecule has 0 saturated carbocycles. The van der Waals surface area contributed by atoms with Gasteiger partial charge in [-0.1, -0.05) is 28.4 Å². The summed E-state index contributed by atoms with van der Waals surface area (Å²) in [5.41, 5.74) is 0.686. The van der Waals surface area contributed by atoms with Crippen LogP contribution in [0.25, 0.3) is 0 Å². The predicted molar refractivity (Wildman–Crippen MR) is 98.7 cm³/mol. The van der Waals surface area contributed by atoms with Gasteiger partial charge in [-0.3, -0.25) is 9.69 Å². The molecule has 0 radical (unpaired) electrons. The maximum atomic E-state index is 12.5. The average molecular weight is 396 g/mol. The van der Waals surface area contributed by atoms with Gasteiger partial charge in [-0.25, -0.2) is 0 Å². The van der Waals surface area contributed by atoms with E-state index in [1.807, 2.05) is 7.05 Å². The Kier molecular flexibility index (Phi) is 4.88. The fraction of sp³-hybridized carbons (Fsp3) is 0.471. The van der Waals surface area contributed by atoms with Crippen LogP contribution in [-0.4, -0.2) is 54.2 Å². The maximum Gasteiger partial charge on any atom is 0.232 e. The van der Waals surface area contributed by atoms with E-state index in [9.17, 15) is 4.79 Å². The predicted octanol–water partition coefficient (Wildman–Crippen LogP) is 2.47. The van der Waals surface area contributed by atoms with Crippen LogP contribution in [0.4, 0.5) is 5.69 Å². The molecule has 2 aliphatic heterocycles. The van der Waals surface area contributed by atoms with E-state index in [-0.39, 0.29) is 17.9 Å². The van der Waals surface area contributed by atoms with E-state index < -0.39 is 0 Å². The smallest absolute Gasteiger partial charge is 0.232 e. The molecule has 7 nitrogen and oxygen atoms in total. The van der Waals surface area contributed by atoms with Gasteiger partial charge in [-0.15, -0.1) is 0 Å². The van der Waals surface area contributed by atoms with Crippen molar-refractivity contribution in [1.29, 1.82) is 0 Å². The molecule has 138 valence electrons. The number of benzene rings is 1. The van der Waals surface area contributed by atoms with E-state index in [2.05, 4.69) is 20.4 Å². The van der Waals surface area contributed by atoms with Gasteiger partial charge in [0.15, 0.2) is 5.82 Å². The Bertz CT molecular complexity index is 807. The molecular weight excluding hydrogens is 377 g/mol. The lowest BCUT2D eigenvalue weighted by atomic mass is 10.1. The summed E-state index contributed by atoms with van der Waals surface area (Å²) in [5, 5.41) is 8.48. The van der Waals surface area contributed by atoms with Crippen molar-refractivity contribution in [2.45, 2.75) is 18.4 Å². The molecule has 0 aliphatic carbocycles. The van der Waals surface area contributed by atoms with E-state index >= 15 is 0 Å². The first kappa shape index (κ1) is 17.7. The molecule has 2 unspecified atom stereocenters. The van der Waals surface area contributed by atoms with E-state index in [4.69, 9.17) is 27.7 Å². The largest absolute Gasteiger partial charge is 0.339 e. The van der Waals surface area contributed by atoms with Crippen LogP contribution in [0, 0.1) is 0 Å². The molecule has 0 spiro atoms. The first-order chi connectivity index (χ1) is 12.5. The summed E-state index contributed by atoms with van der Waals surface area (Å²) in [5.74, 6) is 1.02. The van der Waals surface area contributed by atoms with Crippen molar-refractivity contribution >= 4 is 34.8 Å². The summed E-state index contributed by atoms with van der Waals surface area (Å²) in [7, 11) is 2.05. The quantitative estimate of drug-likeness (QED) is 0.860. The van der Waals surface area contributed by atoms with Crippen LogP contribution >= 0.6 is 23.2 Å². The Morgan fingerprint density at radius 1 is 1.27 bits per heavy atom. The number of hydrogen-bond donors (Lipinski definition) is 1. The fourth-order valence-corrected chi connectivity index (χ4v) is 3.97. The number of hydrogen-bond acceptors (Lipinski definition) is 6. The highest BCUT2D eigenvalue weighted by atomic mass is 35.5. The average Bonchev–Trinajstić information content (AvgIpc) is 3.21. The second-order valence-corrected chi connectivity index (χ2v) is 7.60. The lowest BCUT2D eigenvalue weighted by molar-refractivity contribution is -0.117. The van der Waals surface area contributed by atoms with Gasteiger partial charge in [0.25, 0.3) is 0 Å². The monoisotopic (exact) mass is 395 g/mol. The molecule has 4 rings (SSSR count). The van der Waals surface area contributed by atoms with Gasteiger partial charge >= 0.3 is 0 Å². The molecule has 9 heteroatoms. The molecule has 3 heterocycles. The molecule has 1 amide bonds.